The Kier molecular flexibility index (Phi) is 8.31. The van der Waals surface area contributed by atoms with Gasteiger partial charge in [-0.2, -0.15) is 0 Å². The van der Waals surface area contributed by atoms with Crippen molar-refractivity contribution >= 4 is 23.7 Å². The Morgan fingerprint density at radius 3 is 2.74 bits per heavy atom. The van der Waals surface area contributed by atoms with E-state index in [0.29, 0.717) is 18.2 Å². The summed E-state index contributed by atoms with van der Waals surface area (Å²) in [5.74, 6) is 0.348. The number of piperidine rings is 1. The standard InChI is InChI=1S/C21H24N4O2S.CH2O2/c1-15-4-2-3-5-18(15)21-23-13-17(28-21)14-25-9-6-16(7-10-25)12-22-20(26)19-8-11-27-24-19;2-1-3/h2-5,8,11,13,16H,6-7,9-10,12,14H2,1H3,(H,22,26);1H,(H,2,3). The zero-order valence-electron chi connectivity index (χ0n) is 17.4. The van der Waals surface area contributed by atoms with Crippen molar-refractivity contribution in [3.8, 4) is 10.6 Å². The van der Waals surface area contributed by atoms with Crippen molar-refractivity contribution in [2.24, 2.45) is 5.92 Å². The molecule has 0 unspecified atom stereocenters. The highest BCUT2D eigenvalue weighted by Gasteiger charge is 2.21. The van der Waals surface area contributed by atoms with Gasteiger partial charge in [0.25, 0.3) is 12.4 Å². The molecular formula is C22H26N4O4S. The van der Waals surface area contributed by atoms with Gasteiger partial charge in [-0.1, -0.05) is 29.4 Å². The fourth-order valence-corrected chi connectivity index (χ4v) is 4.59. The highest BCUT2D eigenvalue weighted by atomic mass is 32.1. The number of aryl methyl sites for hydroxylation is 1. The third-order valence-electron chi connectivity index (χ3n) is 5.24. The second-order valence-corrected chi connectivity index (χ2v) is 8.48. The highest BCUT2D eigenvalue weighted by molar-refractivity contribution is 7.15. The van der Waals surface area contributed by atoms with E-state index in [1.165, 1.54) is 22.3 Å². The van der Waals surface area contributed by atoms with Crippen molar-refractivity contribution in [2.45, 2.75) is 26.3 Å². The lowest BCUT2D eigenvalue weighted by molar-refractivity contribution is -0.122. The molecule has 3 aromatic rings. The van der Waals surface area contributed by atoms with Crippen molar-refractivity contribution in [2.75, 3.05) is 19.6 Å². The van der Waals surface area contributed by atoms with E-state index in [9.17, 15) is 4.79 Å². The van der Waals surface area contributed by atoms with Gasteiger partial charge in [-0.3, -0.25) is 14.5 Å². The van der Waals surface area contributed by atoms with Gasteiger partial charge in [0.1, 0.15) is 11.3 Å². The summed E-state index contributed by atoms with van der Waals surface area (Å²) >= 11 is 1.78. The van der Waals surface area contributed by atoms with Crippen LogP contribution >= 0.6 is 11.3 Å². The Morgan fingerprint density at radius 1 is 1.32 bits per heavy atom. The van der Waals surface area contributed by atoms with E-state index in [0.717, 1.165) is 37.5 Å². The number of aromatic nitrogens is 2. The van der Waals surface area contributed by atoms with Gasteiger partial charge < -0.3 is 14.9 Å². The number of likely N-dealkylation sites (tertiary alicyclic amines) is 1. The first-order valence-electron chi connectivity index (χ1n) is 10.1. The van der Waals surface area contributed by atoms with E-state index >= 15 is 0 Å². The molecule has 0 radical (unpaired) electrons. The first kappa shape index (κ1) is 22.6. The number of rotatable bonds is 6. The zero-order chi connectivity index (χ0) is 22.1. The molecule has 8 nitrogen and oxygen atoms in total. The molecular weight excluding hydrogens is 416 g/mol. The van der Waals surface area contributed by atoms with Crippen molar-refractivity contribution in [1.82, 2.24) is 20.4 Å². The van der Waals surface area contributed by atoms with E-state index in [1.54, 1.807) is 17.4 Å². The number of amides is 1. The Hall–Kier alpha value is -3.04. The lowest BCUT2D eigenvalue weighted by Crippen LogP contribution is -2.38. The van der Waals surface area contributed by atoms with Crippen LogP contribution in [-0.2, 0) is 11.3 Å². The van der Waals surface area contributed by atoms with Crippen LogP contribution in [0.25, 0.3) is 10.6 Å². The number of hydrogen-bond acceptors (Lipinski definition) is 7. The molecule has 1 saturated heterocycles. The first-order valence-corrected chi connectivity index (χ1v) is 10.9. The molecule has 0 bridgehead atoms. The highest BCUT2D eigenvalue weighted by Crippen LogP contribution is 2.29. The fourth-order valence-electron chi connectivity index (χ4n) is 3.54. The number of carboxylic acid groups (broad SMARTS) is 1. The summed E-state index contributed by atoms with van der Waals surface area (Å²) in [4.78, 5) is 28.7. The van der Waals surface area contributed by atoms with E-state index in [-0.39, 0.29) is 12.4 Å². The molecule has 2 aromatic heterocycles. The number of hydrogen-bond donors (Lipinski definition) is 2. The Morgan fingerprint density at radius 2 is 2.06 bits per heavy atom. The number of nitrogens with one attached hydrogen (secondary N) is 1. The lowest BCUT2D eigenvalue weighted by Gasteiger charge is -2.31. The summed E-state index contributed by atoms with van der Waals surface area (Å²) in [6.07, 6.45) is 5.60. The monoisotopic (exact) mass is 442 g/mol. The second-order valence-electron chi connectivity index (χ2n) is 7.37. The minimum Gasteiger partial charge on any atom is -0.483 e. The molecule has 0 aliphatic carbocycles. The summed E-state index contributed by atoms with van der Waals surface area (Å²) in [5, 5.41) is 14.6. The van der Waals surface area contributed by atoms with Gasteiger partial charge in [0.05, 0.1) is 0 Å². The average Bonchev–Trinajstić information content (AvgIpc) is 3.47. The molecule has 0 saturated carbocycles. The molecule has 1 aliphatic rings. The Bertz CT molecular complexity index is 966. The third-order valence-corrected chi connectivity index (χ3v) is 6.25. The minimum atomic E-state index is -0.250. The second kappa shape index (κ2) is 11.4. The van der Waals surface area contributed by atoms with Gasteiger partial charge in [-0.05, 0) is 44.3 Å². The summed E-state index contributed by atoms with van der Waals surface area (Å²) in [6.45, 7) is 5.60. The van der Waals surface area contributed by atoms with Crippen LogP contribution in [0.4, 0.5) is 0 Å². The maximum absolute atomic E-state index is 11.9. The van der Waals surface area contributed by atoms with Gasteiger partial charge in [-0.25, -0.2) is 4.98 Å². The van der Waals surface area contributed by atoms with Crippen LogP contribution in [-0.4, -0.2) is 52.2 Å². The summed E-state index contributed by atoms with van der Waals surface area (Å²) in [5.41, 5.74) is 2.82. The molecule has 4 rings (SSSR count). The average molecular weight is 443 g/mol. The van der Waals surface area contributed by atoms with Crippen LogP contribution in [0.1, 0.15) is 33.8 Å². The van der Waals surface area contributed by atoms with Crippen molar-refractivity contribution in [1.29, 1.82) is 0 Å². The summed E-state index contributed by atoms with van der Waals surface area (Å²) < 4.78 is 4.71. The molecule has 1 aliphatic heterocycles. The molecule has 0 atom stereocenters. The Balaban J connectivity index is 0.000000858. The summed E-state index contributed by atoms with van der Waals surface area (Å²) in [6, 6.07) is 9.97. The number of nitrogens with zero attached hydrogens (tertiary/aromatic N) is 3. The maximum Gasteiger partial charge on any atom is 0.290 e. The lowest BCUT2D eigenvalue weighted by atomic mass is 9.96. The van der Waals surface area contributed by atoms with E-state index < -0.39 is 0 Å². The number of carbonyl (C=O) groups is 2. The minimum absolute atomic E-state index is 0.162. The van der Waals surface area contributed by atoms with Gasteiger partial charge in [0.15, 0.2) is 5.69 Å². The SMILES string of the molecule is Cc1ccccc1-c1ncc(CN2CCC(CNC(=O)c3ccon3)CC2)s1.O=CO. The van der Waals surface area contributed by atoms with Crippen LogP contribution in [0, 0.1) is 12.8 Å². The predicted molar refractivity (Wildman–Crippen MR) is 118 cm³/mol. The molecule has 2 N–H and O–H groups in total. The van der Waals surface area contributed by atoms with Crippen LogP contribution < -0.4 is 5.32 Å². The van der Waals surface area contributed by atoms with Crippen molar-refractivity contribution in [3.63, 3.8) is 0 Å². The van der Waals surface area contributed by atoms with E-state index in [1.807, 2.05) is 6.20 Å². The van der Waals surface area contributed by atoms with Gasteiger partial charge in [0, 0.05) is 35.8 Å². The third kappa shape index (κ3) is 6.47. The molecule has 0 spiro atoms. The molecule has 1 fully saturated rings. The smallest absolute Gasteiger partial charge is 0.290 e. The largest absolute Gasteiger partial charge is 0.483 e. The molecule has 1 amide bonds. The maximum atomic E-state index is 11.9. The fraction of sp³-hybridized carbons (Fsp3) is 0.364. The van der Waals surface area contributed by atoms with Crippen LogP contribution in [0.3, 0.4) is 0 Å². The van der Waals surface area contributed by atoms with E-state index in [4.69, 9.17) is 14.4 Å². The quantitative estimate of drug-likeness (QED) is 0.563. The molecule has 9 heteroatoms. The van der Waals surface area contributed by atoms with Gasteiger partial charge in [-0.15, -0.1) is 11.3 Å². The first-order chi connectivity index (χ1) is 15.1. The van der Waals surface area contributed by atoms with Crippen molar-refractivity contribution < 1.29 is 19.2 Å². The number of thiazole rings is 1. The van der Waals surface area contributed by atoms with Gasteiger partial charge >= 0.3 is 0 Å². The van der Waals surface area contributed by atoms with E-state index in [2.05, 4.69) is 51.5 Å². The normalized spacial score (nSPS) is 14.5. The van der Waals surface area contributed by atoms with Crippen LogP contribution in [0.15, 0.2) is 47.3 Å². The molecule has 1 aromatic carbocycles. The molecule has 164 valence electrons. The molecule has 3 heterocycles. The Labute approximate surface area is 184 Å². The predicted octanol–water partition coefficient (Wildman–Crippen LogP) is 3.45. The number of carbonyl (C=O) groups excluding carboxylic acids is 1. The topological polar surface area (TPSA) is 109 Å². The van der Waals surface area contributed by atoms with Gasteiger partial charge in [0.2, 0.25) is 0 Å². The van der Waals surface area contributed by atoms with Crippen LogP contribution in [0.2, 0.25) is 0 Å². The van der Waals surface area contributed by atoms with Crippen LogP contribution in [0.5, 0.6) is 0 Å². The zero-order valence-corrected chi connectivity index (χ0v) is 18.2. The van der Waals surface area contributed by atoms with Crippen molar-refractivity contribution in [3.05, 3.63) is 58.9 Å². The molecule has 31 heavy (non-hydrogen) atoms. The number of benzene rings is 1. The summed E-state index contributed by atoms with van der Waals surface area (Å²) in [7, 11) is 0.